The van der Waals surface area contributed by atoms with Gasteiger partial charge in [-0.2, -0.15) is 0 Å². The van der Waals surface area contributed by atoms with Crippen LogP contribution in [0.15, 0.2) is 60.8 Å². The molecule has 3 aromatic rings. The van der Waals surface area contributed by atoms with Crippen LogP contribution in [0, 0.1) is 0 Å². The average Bonchev–Trinajstić information content (AvgIpc) is 2.97. The van der Waals surface area contributed by atoms with Gasteiger partial charge in [-0.15, -0.1) is 0 Å². The molecular weight excluding hydrogens is 298 g/mol. The normalized spacial score (nSPS) is 16.1. The summed E-state index contributed by atoms with van der Waals surface area (Å²) < 4.78 is 5.22. The van der Waals surface area contributed by atoms with Gasteiger partial charge < -0.3 is 9.64 Å². The molecule has 4 heteroatoms. The predicted molar refractivity (Wildman–Crippen MR) is 95.8 cm³/mol. The molecule has 4 rings (SSSR count). The highest BCUT2D eigenvalue weighted by molar-refractivity contribution is 5.69. The fraction of sp³-hybridized carbons (Fsp3) is 0.200. The summed E-state index contributed by atoms with van der Waals surface area (Å²) in [5, 5.41) is 0. The Balaban J connectivity index is 1.72. The highest BCUT2D eigenvalue weighted by atomic mass is 16.5. The van der Waals surface area contributed by atoms with Crippen LogP contribution >= 0.6 is 0 Å². The second kappa shape index (κ2) is 5.96. The molecule has 1 aliphatic heterocycles. The first-order valence-corrected chi connectivity index (χ1v) is 8.11. The third-order valence-corrected chi connectivity index (χ3v) is 4.45. The zero-order chi connectivity index (χ0) is 16.5. The number of ether oxygens (including phenoxy) is 1. The molecule has 1 aliphatic rings. The summed E-state index contributed by atoms with van der Waals surface area (Å²) in [6.07, 6.45) is 2.85. The first kappa shape index (κ1) is 14.7. The Morgan fingerprint density at radius 1 is 1.04 bits per heavy atom. The summed E-state index contributed by atoms with van der Waals surface area (Å²) in [5.41, 5.74) is 4.53. The van der Waals surface area contributed by atoms with Gasteiger partial charge in [0, 0.05) is 23.5 Å². The number of nitrogens with zero attached hydrogens (tertiary/aromatic N) is 3. The number of methoxy groups -OCH3 is 1. The lowest BCUT2D eigenvalue weighted by molar-refractivity contribution is 0.415. The fourth-order valence-corrected chi connectivity index (χ4v) is 3.26. The highest BCUT2D eigenvalue weighted by Gasteiger charge is 2.28. The van der Waals surface area contributed by atoms with Crippen LogP contribution in [-0.4, -0.2) is 23.1 Å². The molecule has 1 aromatic heterocycles. The Morgan fingerprint density at radius 2 is 1.83 bits per heavy atom. The number of anilines is 2. The molecule has 1 atom stereocenters. The van der Waals surface area contributed by atoms with Crippen LogP contribution in [0.25, 0.3) is 11.3 Å². The summed E-state index contributed by atoms with van der Waals surface area (Å²) in [7, 11) is 1.67. The number of aromatic nitrogens is 2. The van der Waals surface area contributed by atoms with E-state index >= 15 is 0 Å². The standard InChI is InChI=1S/C20H19N3O/c1-14-13-16-5-3-4-6-19(16)23(14)20-21-12-11-18(22-20)15-7-9-17(24-2)10-8-15/h3-12,14H,13H2,1-2H3. The van der Waals surface area contributed by atoms with E-state index in [2.05, 4.69) is 41.1 Å². The van der Waals surface area contributed by atoms with Gasteiger partial charge in [-0.3, -0.25) is 0 Å². The van der Waals surface area contributed by atoms with Crippen LogP contribution in [0.3, 0.4) is 0 Å². The van der Waals surface area contributed by atoms with E-state index in [1.54, 1.807) is 7.11 Å². The second-order valence-electron chi connectivity index (χ2n) is 6.02. The zero-order valence-electron chi connectivity index (χ0n) is 13.8. The van der Waals surface area contributed by atoms with Crippen molar-refractivity contribution in [1.82, 2.24) is 9.97 Å². The molecule has 0 saturated heterocycles. The second-order valence-corrected chi connectivity index (χ2v) is 6.02. The minimum atomic E-state index is 0.355. The summed E-state index contributed by atoms with van der Waals surface area (Å²) in [5.74, 6) is 1.59. The molecule has 0 N–H and O–H groups in total. The summed E-state index contributed by atoms with van der Waals surface area (Å²) in [6, 6.07) is 18.7. The van der Waals surface area contributed by atoms with Crippen LogP contribution in [0.5, 0.6) is 5.75 Å². The molecule has 2 aromatic carbocycles. The number of benzene rings is 2. The Hall–Kier alpha value is -2.88. The monoisotopic (exact) mass is 317 g/mol. The van der Waals surface area contributed by atoms with E-state index in [1.807, 2.05) is 36.5 Å². The maximum absolute atomic E-state index is 5.22. The first-order chi connectivity index (χ1) is 11.8. The lowest BCUT2D eigenvalue weighted by Gasteiger charge is -2.22. The molecule has 0 radical (unpaired) electrons. The topological polar surface area (TPSA) is 38.2 Å². The Labute approximate surface area is 141 Å². The molecule has 2 heterocycles. The van der Waals surface area contributed by atoms with Crippen molar-refractivity contribution in [3.05, 3.63) is 66.4 Å². The van der Waals surface area contributed by atoms with E-state index in [-0.39, 0.29) is 0 Å². The van der Waals surface area contributed by atoms with Gasteiger partial charge in [-0.25, -0.2) is 9.97 Å². The van der Waals surface area contributed by atoms with Gasteiger partial charge in [0.05, 0.1) is 12.8 Å². The lowest BCUT2D eigenvalue weighted by atomic mass is 10.1. The van der Waals surface area contributed by atoms with Crippen LogP contribution in [-0.2, 0) is 6.42 Å². The van der Waals surface area contributed by atoms with Gasteiger partial charge in [0.2, 0.25) is 5.95 Å². The smallest absolute Gasteiger partial charge is 0.230 e. The molecule has 0 bridgehead atoms. The molecule has 1 unspecified atom stereocenters. The Morgan fingerprint density at radius 3 is 2.62 bits per heavy atom. The van der Waals surface area contributed by atoms with E-state index in [4.69, 9.17) is 9.72 Å². The number of rotatable bonds is 3. The zero-order valence-corrected chi connectivity index (χ0v) is 13.8. The van der Waals surface area contributed by atoms with Crippen molar-refractivity contribution < 1.29 is 4.74 Å². The van der Waals surface area contributed by atoms with Crippen molar-refractivity contribution >= 4 is 11.6 Å². The Kier molecular flexibility index (Phi) is 3.65. The maximum atomic E-state index is 5.22. The van der Waals surface area contributed by atoms with Crippen molar-refractivity contribution in [3.8, 4) is 17.0 Å². The first-order valence-electron chi connectivity index (χ1n) is 8.11. The van der Waals surface area contributed by atoms with Crippen LogP contribution < -0.4 is 9.64 Å². The van der Waals surface area contributed by atoms with Crippen LogP contribution in [0.4, 0.5) is 11.6 Å². The largest absolute Gasteiger partial charge is 0.497 e. The molecule has 120 valence electrons. The van der Waals surface area contributed by atoms with Gasteiger partial charge in [-0.1, -0.05) is 18.2 Å². The third kappa shape index (κ3) is 2.50. The minimum absolute atomic E-state index is 0.355. The highest BCUT2D eigenvalue weighted by Crippen LogP contribution is 2.36. The molecule has 0 aliphatic carbocycles. The maximum Gasteiger partial charge on any atom is 0.230 e. The van der Waals surface area contributed by atoms with Gasteiger partial charge in [0.25, 0.3) is 0 Å². The molecule has 0 saturated carbocycles. The third-order valence-electron chi connectivity index (χ3n) is 4.45. The van der Waals surface area contributed by atoms with Gasteiger partial charge in [0.15, 0.2) is 0 Å². The fourth-order valence-electron chi connectivity index (χ4n) is 3.26. The van der Waals surface area contributed by atoms with Gasteiger partial charge in [0.1, 0.15) is 5.75 Å². The average molecular weight is 317 g/mol. The van der Waals surface area contributed by atoms with Crippen molar-refractivity contribution in [3.63, 3.8) is 0 Å². The van der Waals surface area contributed by atoms with Gasteiger partial charge in [-0.05, 0) is 55.3 Å². The summed E-state index contributed by atoms with van der Waals surface area (Å²) in [4.78, 5) is 11.5. The molecule has 4 nitrogen and oxygen atoms in total. The van der Waals surface area contributed by atoms with E-state index in [0.29, 0.717) is 6.04 Å². The van der Waals surface area contributed by atoms with Crippen molar-refractivity contribution in [2.45, 2.75) is 19.4 Å². The number of para-hydroxylation sites is 1. The molecule has 24 heavy (non-hydrogen) atoms. The molecule has 0 spiro atoms. The van der Waals surface area contributed by atoms with Crippen molar-refractivity contribution in [2.75, 3.05) is 12.0 Å². The summed E-state index contributed by atoms with van der Waals surface area (Å²) >= 11 is 0. The van der Waals surface area contributed by atoms with Crippen molar-refractivity contribution in [1.29, 1.82) is 0 Å². The number of hydrogen-bond acceptors (Lipinski definition) is 4. The number of hydrogen-bond donors (Lipinski definition) is 0. The predicted octanol–water partition coefficient (Wildman–Crippen LogP) is 4.23. The molecule has 0 amide bonds. The minimum Gasteiger partial charge on any atom is -0.497 e. The van der Waals surface area contributed by atoms with E-state index in [1.165, 1.54) is 11.3 Å². The van der Waals surface area contributed by atoms with Crippen LogP contribution in [0.2, 0.25) is 0 Å². The van der Waals surface area contributed by atoms with E-state index < -0.39 is 0 Å². The SMILES string of the molecule is COc1ccc(-c2ccnc(N3c4ccccc4CC3C)n2)cc1. The van der Waals surface area contributed by atoms with Gasteiger partial charge >= 0.3 is 0 Å². The summed E-state index contributed by atoms with van der Waals surface area (Å²) in [6.45, 7) is 2.21. The van der Waals surface area contributed by atoms with Crippen molar-refractivity contribution in [2.24, 2.45) is 0 Å². The molecular formula is C20H19N3O. The quantitative estimate of drug-likeness (QED) is 0.724. The lowest BCUT2D eigenvalue weighted by Crippen LogP contribution is -2.25. The Bertz CT molecular complexity index is 861. The molecule has 0 fully saturated rings. The number of fused-ring (bicyclic) bond motifs is 1. The van der Waals surface area contributed by atoms with E-state index in [0.717, 1.165) is 29.4 Å². The van der Waals surface area contributed by atoms with E-state index in [9.17, 15) is 0 Å². The van der Waals surface area contributed by atoms with Crippen LogP contribution in [0.1, 0.15) is 12.5 Å².